The van der Waals surface area contributed by atoms with Gasteiger partial charge in [-0.3, -0.25) is 4.79 Å². The van der Waals surface area contributed by atoms with Crippen molar-refractivity contribution >= 4 is 88.4 Å². The highest BCUT2D eigenvalue weighted by molar-refractivity contribution is 7.54. The van der Waals surface area contributed by atoms with Crippen molar-refractivity contribution in [1.82, 2.24) is 0 Å². The number of cyclic esters (lactones) is 2. The van der Waals surface area contributed by atoms with Gasteiger partial charge < -0.3 is 20.1 Å². The number of esters is 2. The molecular formula is C37H38AlCl5O8. The number of carboxylic acid groups (broad SMARTS) is 1. The first-order valence-electron chi connectivity index (χ1n) is 15.4. The molecule has 1 saturated carbocycles. The maximum absolute atomic E-state index is 12.4. The van der Waals surface area contributed by atoms with Gasteiger partial charge in [-0.25, -0.2) is 44.5 Å². The summed E-state index contributed by atoms with van der Waals surface area (Å²) in [5.41, 5.74) is 4.90. The van der Waals surface area contributed by atoms with Gasteiger partial charge in [-0.05, 0) is 92.4 Å². The third-order valence-corrected chi connectivity index (χ3v) is 7.30. The molecule has 2 aliphatic rings. The van der Waals surface area contributed by atoms with Crippen molar-refractivity contribution in [3.8, 4) is 11.5 Å². The normalized spacial score (nSPS) is 11.4. The first-order valence-corrected chi connectivity index (χ1v) is 21.7. The number of rotatable bonds is 4. The molecule has 1 aliphatic carbocycles. The second kappa shape index (κ2) is 24.1. The molecule has 0 radical (unpaired) electrons. The SMILES string of the molecule is C1CC1.Cc1cc(O)c(C(=O)c2ccccc2C(=O)O)cc1C.Cc1ccc(O)cc1C.ClCCCl.O=C1OC(=O)c2ccccc21.[Cl][Al]([Cl])[Cl]. The summed E-state index contributed by atoms with van der Waals surface area (Å²) in [6.45, 7) is 7.66. The molecule has 6 rings (SSSR count). The van der Waals surface area contributed by atoms with Crippen LogP contribution in [0.15, 0.2) is 78.9 Å². The molecule has 4 aromatic rings. The van der Waals surface area contributed by atoms with Crippen molar-refractivity contribution in [2.45, 2.75) is 47.0 Å². The molecule has 51 heavy (non-hydrogen) atoms. The maximum atomic E-state index is 12.4. The van der Waals surface area contributed by atoms with Gasteiger partial charge in [-0.15, -0.1) is 23.2 Å². The molecule has 1 aliphatic heterocycles. The number of aromatic hydroxyl groups is 2. The molecule has 14 heteroatoms. The number of fused-ring (bicyclic) bond motifs is 1. The van der Waals surface area contributed by atoms with Crippen LogP contribution in [0.3, 0.4) is 0 Å². The lowest BCUT2D eigenvalue weighted by Crippen LogP contribution is -2.10. The number of phenols is 2. The predicted octanol–water partition coefficient (Wildman–Crippen LogP) is 10.3. The van der Waals surface area contributed by atoms with Crippen molar-refractivity contribution in [2.75, 3.05) is 11.8 Å². The molecule has 0 saturated heterocycles. The Morgan fingerprint density at radius 1 is 0.647 bits per heavy atom. The molecule has 0 amide bonds. The minimum atomic E-state index is -1.72. The number of carboxylic acids is 1. The van der Waals surface area contributed by atoms with Crippen LogP contribution < -0.4 is 0 Å². The van der Waals surface area contributed by atoms with Crippen molar-refractivity contribution in [1.29, 1.82) is 0 Å². The smallest absolute Gasteiger partial charge is 0.508 e. The fraction of sp³-hybridized carbons (Fsp3) is 0.243. The summed E-state index contributed by atoms with van der Waals surface area (Å²) >= 11 is 8.39. The number of halogens is 5. The number of ketones is 1. The Labute approximate surface area is 324 Å². The van der Waals surface area contributed by atoms with E-state index in [1.807, 2.05) is 33.8 Å². The Kier molecular flexibility index (Phi) is 21.6. The summed E-state index contributed by atoms with van der Waals surface area (Å²) in [6.07, 6.45) is 4.50. The van der Waals surface area contributed by atoms with Crippen LogP contribution >= 0.6 is 53.3 Å². The molecule has 272 valence electrons. The van der Waals surface area contributed by atoms with Crippen molar-refractivity contribution in [3.63, 3.8) is 0 Å². The number of aryl methyl sites for hydroxylation is 4. The second-order valence-corrected chi connectivity index (χ2v) is 18.0. The Morgan fingerprint density at radius 3 is 1.49 bits per heavy atom. The summed E-state index contributed by atoms with van der Waals surface area (Å²) in [5.74, 6) is -1.45. The van der Waals surface area contributed by atoms with Crippen LogP contribution in [0, 0.1) is 27.7 Å². The highest BCUT2D eigenvalue weighted by Crippen LogP contribution is 2.26. The molecule has 0 bridgehead atoms. The average molecular weight is 815 g/mol. The number of hydrogen-bond donors (Lipinski definition) is 3. The van der Waals surface area contributed by atoms with Gasteiger partial charge >= 0.3 is 29.3 Å². The first-order chi connectivity index (χ1) is 24.0. The minimum Gasteiger partial charge on any atom is -0.508 e. The van der Waals surface area contributed by atoms with Crippen LogP contribution in [-0.4, -0.2) is 62.2 Å². The number of benzene rings is 4. The van der Waals surface area contributed by atoms with E-state index < -0.39 is 35.1 Å². The van der Waals surface area contributed by atoms with E-state index in [0.29, 0.717) is 28.6 Å². The zero-order chi connectivity index (χ0) is 38.7. The van der Waals surface area contributed by atoms with Crippen molar-refractivity contribution in [3.05, 3.63) is 129 Å². The summed E-state index contributed by atoms with van der Waals surface area (Å²) in [7, 11) is 14.8. The summed E-state index contributed by atoms with van der Waals surface area (Å²) in [5, 5.41) is 28.0. The molecule has 0 atom stereocenters. The highest BCUT2D eigenvalue weighted by atomic mass is 35.8. The van der Waals surface area contributed by atoms with Crippen LogP contribution in [0.1, 0.15) is 88.5 Å². The number of alkyl halides is 2. The Morgan fingerprint density at radius 2 is 1.08 bits per heavy atom. The van der Waals surface area contributed by atoms with Crippen LogP contribution in [0.5, 0.6) is 11.5 Å². The van der Waals surface area contributed by atoms with E-state index >= 15 is 0 Å². The molecule has 0 spiro atoms. The fourth-order valence-electron chi connectivity index (χ4n) is 3.75. The summed E-state index contributed by atoms with van der Waals surface area (Å²) in [4.78, 5) is 45.2. The van der Waals surface area contributed by atoms with Crippen LogP contribution in [0.2, 0.25) is 0 Å². The van der Waals surface area contributed by atoms with E-state index in [9.17, 15) is 24.3 Å². The average Bonchev–Trinajstić information content (AvgIpc) is 3.95. The van der Waals surface area contributed by atoms with Crippen LogP contribution in [0.25, 0.3) is 0 Å². The third kappa shape index (κ3) is 17.2. The van der Waals surface area contributed by atoms with Crippen molar-refractivity contribution < 1.29 is 39.2 Å². The van der Waals surface area contributed by atoms with E-state index in [2.05, 4.69) is 4.74 Å². The molecule has 4 aromatic carbocycles. The number of ether oxygens (including phenoxy) is 1. The third-order valence-electron chi connectivity index (χ3n) is 6.73. The second-order valence-electron chi connectivity index (χ2n) is 10.8. The lowest BCUT2D eigenvalue weighted by Gasteiger charge is -2.09. The molecule has 0 aromatic heterocycles. The maximum Gasteiger partial charge on any atom is 0.643 e. The zero-order valence-corrected chi connectivity index (χ0v) is 33.3. The van der Waals surface area contributed by atoms with Gasteiger partial charge in [0.15, 0.2) is 5.78 Å². The Hall–Kier alpha value is -3.26. The first kappa shape index (κ1) is 45.8. The summed E-state index contributed by atoms with van der Waals surface area (Å²) < 4.78 is 4.35. The molecule has 0 unspecified atom stereocenters. The monoisotopic (exact) mass is 812 g/mol. The van der Waals surface area contributed by atoms with Gasteiger partial charge in [0.1, 0.15) is 11.5 Å². The topological polar surface area (TPSA) is 138 Å². The Bertz CT molecular complexity index is 1740. The van der Waals surface area contributed by atoms with E-state index in [0.717, 1.165) is 16.7 Å². The van der Waals surface area contributed by atoms with Gasteiger partial charge in [-0.2, -0.15) is 0 Å². The van der Waals surface area contributed by atoms with Gasteiger partial charge in [0.05, 0.1) is 22.3 Å². The largest absolute Gasteiger partial charge is 0.643 e. The quantitative estimate of drug-likeness (QED) is 0.0609. The molecule has 1 fully saturated rings. The number of carbonyl (C=O) groups excluding carboxylic acids is 3. The Balaban J connectivity index is 0.000000352. The number of aromatic carboxylic acids is 1. The highest BCUT2D eigenvalue weighted by Gasteiger charge is 2.28. The van der Waals surface area contributed by atoms with E-state index in [1.54, 1.807) is 54.6 Å². The van der Waals surface area contributed by atoms with E-state index in [-0.39, 0.29) is 22.4 Å². The fourth-order valence-corrected chi connectivity index (χ4v) is 3.75. The molecule has 8 nitrogen and oxygen atoms in total. The van der Waals surface area contributed by atoms with Gasteiger partial charge in [-0.1, -0.05) is 55.7 Å². The standard InChI is InChI=1S/C16H14O4.C8H4O3.C8H10O.C3H6.C2H4Cl2.Al.3ClH/c1-9-7-13(14(17)8-10(9)2)15(18)11-5-3-4-6-12(11)16(19)20;9-7-5-3-1-2-4-6(5)8(10)11-7;1-6-3-4-8(9)5-7(6)2;1-2-3-1;3-1-2-4;;;;/h3-8,17H,1-2H3,(H,19,20);1-4H;3-5,9H,1-2H3;1-3H2;1-2H2;;3*1H/q;;;;;+3;;;/p-3. The summed E-state index contributed by atoms with van der Waals surface area (Å²) in [6, 6.07) is 20.9. The molecule has 3 N–H and O–H groups in total. The van der Waals surface area contributed by atoms with Crippen LogP contribution in [0.4, 0.5) is 0 Å². The molecular weight excluding hydrogens is 777 g/mol. The van der Waals surface area contributed by atoms with Gasteiger partial charge in [0, 0.05) is 17.3 Å². The van der Waals surface area contributed by atoms with E-state index in [1.165, 1.54) is 43.0 Å². The van der Waals surface area contributed by atoms with Gasteiger partial charge in [0.25, 0.3) is 0 Å². The number of hydrogen-bond acceptors (Lipinski definition) is 7. The predicted molar refractivity (Wildman–Crippen MR) is 207 cm³/mol. The van der Waals surface area contributed by atoms with E-state index in [4.69, 9.17) is 63.6 Å². The minimum absolute atomic E-state index is 0.0681. The number of carbonyl (C=O) groups is 4. The number of phenolic OH excluding ortho intramolecular Hbond substituents is 2. The zero-order valence-electron chi connectivity index (χ0n) is 28.4. The lowest BCUT2D eigenvalue weighted by atomic mass is 9.95. The van der Waals surface area contributed by atoms with Crippen LogP contribution in [-0.2, 0) is 4.74 Å². The lowest BCUT2D eigenvalue weighted by molar-refractivity contribution is 0.0442. The molecule has 1 heterocycles. The van der Waals surface area contributed by atoms with Gasteiger partial charge in [0.2, 0.25) is 0 Å². The van der Waals surface area contributed by atoms with Crippen molar-refractivity contribution in [2.24, 2.45) is 0 Å².